The number of carbonyl (C=O) groups excluding carboxylic acids is 1. The van der Waals surface area contributed by atoms with Gasteiger partial charge in [0.2, 0.25) is 0 Å². The fourth-order valence-corrected chi connectivity index (χ4v) is 3.35. The fourth-order valence-electron chi connectivity index (χ4n) is 3.35. The Morgan fingerprint density at radius 3 is 2.59 bits per heavy atom. The van der Waals surface area contributed by atoms with Crippen LogP contribution in [0.25, 0.3) is 11.4 Å². The SMILES string of the molecule is CCC(=O)c1cnc(Nc2ccn(C)c(=O)n2)cc1Nc1cccc(-c2ncn(C)n2)c1OC. The third kappa shape index (κ3) is 4.63. The van der Waals surface area contributed by atoms with Crippen molar-refractivity contribution in [1.82, 2.24) is 29.3 Å². The number of para-hydroxylation sites is 1. The van der Waals surface area contributed by atoms with Crippen LogP contribution < -0.4 is 21.1 Å². The molecule has 0 fully saturated rings. The van der Waals surface area contributed by atoms with Gasteiger partial charge in [0.05, 0.1) is 29.6 Å². The van der Waals surface area contributed by atoms with Crippen LogP contribution in [0.15, 0.2) is 53.8 Å². The Balaban J connectivity index is 1.74. The van der Waals surface area contributed by atoms with Gasteiger partial charge in [0.15, 0.2) is 17.4 Å². The summed E-state index contributed by atoms with van der Waals surface area (Å²) in [6, 6.07) is 8.89. The van der Waals surface area contributed by atoms with E-state index in [2.05, 4.69) is 30.7 Å². The Morgan fingerprint density at radius 2 is 1.91 bits per heavy atom. The van der Waals surface area contributed by atoms with Crippen LogP contribution in [0, 0.1) is 0 Å². The second-order valence-electron chi connectivity index (χ2n) is 7.48. The number of methoxy groups -OCH3 is 1. The minimum atomic E-state index is -0.397. The zero-order valence-corrected chi connectivity index (χ0v) is 19.2. The Labute approximate surface area is 195 Å². The number of carbonyl (C=O) groups is 1. The summed E-state index contributed by atoms with van der Waals surface area (Å²) in [5.74, 6) is 1.73. The van der Waals surface area contributed by atoms with E-state index in [1.807, 2.05) is 18.2 Å². The first kappa shape index (κ1) is 22.6. The highest BCUT2D eigenvalue weighted by molar-refractivity contribution is 6.02. The maximum atomic E-state index is 12.6. The fraction of sp³-hybridized carbons (Fsp3) is 0.217. The van der Waals surface area contributed by atoms with Gasteiger partial charge in [-0.15, -0.1) is 0 Å². The van der Waals surface area contributed by atoms with Gasteiger partial charge in [0.25, 0.3) is 0 Å². The monoisotopic (exact) mass is 460 g/mol. The van der Waals surface area contributed by atoms with E-state index in [0.29, 0.717) is 52.1 Å². The van der Waals surface area contributed by atoms with Gasteiger partial charge in [-0.3, -0.25) is 9.48 Å². The first-order valence-electron chi connectivity index (χ1n) is 10.5. The maximum Gasteiger partial charge on any atom is 0.349 e. The molecule has 0 aliphatic rings. The number of nitrogens with zero attached hydrogens (tertiary/aromatic N) is 6. The van der Waals surface area contributed by atoms with E-state index in [-0.39, 0.29) is 5.78 Å². The van der Waals surface area contributed by atoms with Crippen molar-refractivity contribution in [2.75, 3.05) is 17.7 Å². The minimum absolute atomic E-state index is 0.0743. The molecule has 0 radical (unpaired) electrons. The van der Waals surface area contributed by atoms with Crippen LogP contribution >= 0.6 is 0 Å². The molecule has 0 saturated carbocycles. The van der Waals surface area contributed by atoms with Crippen LogP contribution in [-0.2, 0) is 14.1 Å². The van der Waals surface area contributed by atoms with Gasteiger partial charge in [0, 0.05) is 39.0 Å². The third-order valence-corrected chi connectivity index (χ3v) is 5.08. The summed E-state index contributed by atoms with van der Waals surface area (Å²) in [7, 11) is 4.97. The summed E-state index contributed by atoms with van der Waals surface area (Å²) in [5, 5.41) is 10.7. The van der Waals surface area contributed by atoms with Gasteiger partial charge in [-0.2, -0.15) is 10.1 Å². The number of anilines is 4. The maximum absolute atomic E-state index is 12.6. The van der Waals surface area contributed by atoms with E-state index in [9.17, 15) is 9.59 Å². The van der Waals surface area contributed by atoms with Crippen molar-refractivity contribution in [2.24, 2.45) is 14.1 Å². The van der Waals surface area contributed by atoms with Gasteiger partial charge in [-0.05, 0) is 18.2 Å². The quantitative estimate of drug-likeness (QED) is 0.381. The van der Waals surface area contributed by atoms with Gasteiger partial charge in [-0.25, -0.2) is 14.8 Å². The van der Waals surface area contributed by atoms with Crippen LogP contribution in [0.1, 0.15) is 23.7 Å². The molecule has 1 aromatic carbocycles. The molecule has 11 nitrogen and oxygen atoms in total. The van der Waals surface area contributed by atoms with Crippen molar-refractivity contribution in [1.29, 1.82) is 0 Å². The van der Waals surface area contributed by atoms with Crippen LogP contribution in [0.4, 0.5) is 23.0 Å². The smallest absolute Gasteiger partial charge is 0.349 e. The highest BCUT2D eigenvalue weighted by Crippen LogP contribution is 2.37. The molecule has 2 N–H and O–H groups in total. The van der Waals surface area contributed by atoms with Crippen LogP contribution in [-0.4, -0.2) is 42.2 Å². The van der Waals surface area contributed by atoms with Gasteiger partial charge in [-0.1, -0.05) is 13.0 Å². The summed E-state index contributed by atoms with van der Waals surface area (Å²) in [4.78, 5) is 37.1. The molecule has 0 bridgehead atoms. The molecule has 4 rings (SSSR count). The second-order valence-corrected chi connectivity index (χ2v) is 7.48. The summed E-state index contributed by atoms with van der Waals surface area (Å²) < 4.78 is 8.65. The number of hydrogen-bond acceptors (Lipinski definition) is 9. The van der Waals surface area contributed by atoms with Gasteiger partial charge >= 0.3 is 5.69 Å². The first-order chi connectivity index (χ1) is 16.4. The van der Waals surface area contributed by atoms with Crippen LogP contribution in [0.2, 0.25) is 0 Å². The third-order valence-electron chi connectivity index (χ3n) is 5.08. The molecule has 0 amide bonds. The molecule has 174 valence electrons. The highest BCUT2D eigenvalue weighted by atomic mass is 16.5. The van der Waals surface area contributed by atoms with Gasteiger partial charge in [0.1, 0.15) is 18.0 Å². The topological polar surface area (TPSA) is 129 Å². The zero-order valence-electron chi connectivity index (χ0n) is 19.2. The lowest BCUT2D eigenvalue weighted by Crippen LogP contribution is -2.19. The number of benzene rings is 1. The predicted molar refractivity (Wildman–Crippen MR) is 128 cm³/mol. The summed E-state index contributed by atoms with van der Waals surface area (Å²) in [6.07, 6.45) is 5.02. The largest absolute Gasteiger partial charge is 0.494 e. The molecule has 0 saturated heterocycles. The molecule has 0 aliphatic carbocycles. The second kappa shape index (κ2) is 9.53. The van der Waals surface area contributed by atoms with Crippen molar-refractivity contribution in [3.8, 4) is 17.1 Å². The summed E-state index contributed by atoms with van der Waals surface area (Å²) >= 11 is 0. The van der Waals surface area contributed by atoms with Crippen molar-refractivity contribution >= 4 is 28.8 Å². The van der Waals surface area contributed by atoms with Crippen molar-refractivity contribution in [2.45, 2.75) is 13.3 Å². The minimum Gasteiger partial charge on any atom is -0.494 e. The molecule has 0 unspecified atom stereocenters. The number of hydrogen-bond donors (Lipinski definition) is 2. The molecule has 4 aromatic rings. The number of nitrogens with one attached hydrogen (secondary N) is 2. The summed E-state index contributed by atoms with van der Waals surface area (Å²) in [6.45, 7) is 1.79. The van der Waals surface area contributed by atoms with E-state index >= 15 is 0 Å². The summed E-state index contributed by atoms with van der Waals surface area (Å²) in [5.41, 5.74) is 1.88. The normalized spacial score (nSPS) is 10.7. The van der Waals surface area contributed by atoms with Crippen LogP contribution in [0.5, 0.6) is 5.75 Å². The molecule has 11 heteroatoms. The predicted octanol–water partition coefficient (Wildman–Crippen LogP) is 3.06. The highest BCUT2D eigenvalue weighted by Gasteiger charge is 2.18. The number of aromatic nitrogens is 6. The van der Waals surface area contributed by atoms with Gasteiger partial charge < -0.3 is 19.9 Å². The average Bonchev–Trinajstić information content (AvgIpc) is 3.27. The lowest BCUT2D eigenvalue weighted by molar-refractivity contribution is 0.0988. The lowest BCUT2D eigenvalue weighted by atomic mass is 10.1. The van der Waals surface area contributed by atoms with Crippen molar-refractivity contribution < 1.29 is 9.53 Å². The number of pyridine rings is 1. The van der Waals surface area contributed by atoms with E-state index in [1.165, 1.54) is 10.8 Å². The first-order valence-corrected chi connectivity index (χ1v) is 10.5. The Hall–Kier alpha value is -4.54. The standard InChI is InChI=1S/C23H24N8O3/c1-5-18(32)15-12-24-20(27-19-9-10-30(2)23(33)28-19)11-17(15)26-16-8-6-7-14(21(16)34-4)22-25-13-31(3)29-22/h6-13H,5H2,1-4H3,(H2,24,26,27,28,33). The van der Waals surface area contributed by atoms with E-state index in [4.69, 9.17) is 4.74 Å². The lowest BCUT2D eigenvalue weighted by Gasteiger charge is -2.17. The molecular weight excluding hydrogens is 436 g/mol. The molecule has 0 aliphatic heterocycles. The molecule has 0 spiro atoms. The van der Waals surface area contributed by atoms with Crippen molar-refractivity contribution in [3.05, 3.63) is 65.1 Å². The average molecular weight is 460 g/mol. The van der Waals surface area contributed by atoms with E-state index in [1.54, 1.807) is 57.5 Å². The van der Waals surface area contributed by atoms with E-state index < -0.39 is 5.69 Å². The number of aryl methyl sites for hydroxylation is 2. The van der Waals surface area contributed by atoms with Crippen molar-refractivity contribution in [3.63, 3.8) is 0 Å². The van der Waals surface area contributed by atoms with Crippen LogP contribution in [0.3, 0.4) is 0 Å². The molecular formula is C23H24N8O3. The Bertz CT molecular complexity index is 1410. The molecule has 34 heavy (non-hydrogen) atoms. The number of ether oxygens (including phenoxy) is 1. The number of ketones is 1. The molecule has 3 heterocycles. The number of rotatable bonds is 8. The molecule has 0 atom stereocenters. The Morgan fingerprint density at radius 1 is 1.09 bits per heavy atom. The van der Waals surface area contributed by atoms with E-state index in [0.717, 1.165) is 0 Å². The zero-order chi connectivity index (χ0) is 24.2. The number of Topliss-reactive ketones (excluding diaryl/α,β-unsaturated/α-hetero) is 1. The molecule has 3 aromatic heterocycles. The Kier molecular flexibility index (Phi) is 6.35.